The predicted octanol–water partition coefficient (Wildman–Crippen LogP) is 2.81. The van der Waals surface area contributed by atoms with Crippen molar-refractivity contribution >= 4 is 5.97 Å². The Kier molecular flexibility index (Phi) is 2.62. The molecule has 1 atom stereocenters. The number of benzene rings is 1. The van der Waals surface area contributed by atoms with Crippen molar-refractivity contribution in [1.29, 1.82) is 0 Å². The first kappa shape index (κ1) is 11.0. The lowest BCUT2D eigenvalue weighted by molar-refractivity contribution is -0.137. The van der Waals surface area contributed by atoms with Crippen molar-refractivity contribution in [3.8, 4) is 5.75 Å². The summed E-state index contributed by atoms with van der Waals surface area (Å²) in [6.07, 6.45) is 0.917. The molecule has 0 fully saturated rings. The number of hydrogen-bond acceptors (Lipinski definition) is 2. The van der Waals surface area contributed by atoms with E-state index in [1.807, 2.05) is 38.1 Å². The van der Waals surface area contributed by atoms with E-state index in [9.17, 15) is 4.79 Å². The van der Waals surface area contributed by atoms with Crippen LogP contribution in [0.25, 0.3) is 0 Å². The highest BCUT2D eigenvalue weighted by Crippen LogP contribution is 2.42. The van der Waals surface area contributed by atoms with Gasteiger partial charge in [0.15, 0.2) is 0 Å². The third-order valence-electron chi connectivity index (χ3n) is 2.90. The summed E-state index contributed by atoms with van der Waals surface area (Å²) in [5.41, 5.74) is 0.735. The Morgan fingerprint density at radius 2 is 2.19 bits per heavy atom. The summed E-state index contributed by atoms with van der Waals surface area (Å²) in [4.78, 5) is 10.8. The second-order valence-corrected chi connectivity index (χ2v) is 4.90. The second kappa shape index (κ2) is 3.81. The Labute approximate surface area is 95.0 Å². The van der Waals surface area contributed by atoms with Crippen LogP contribution >= 0.6 is 0 Å². The molecule has 86 valence electrons. The molecule has 0 saturated carbocycles. The molecule has 0 radical (unpaired) electrons. The van der Waals surface area contributed by atoms with E-state index in [2.05, 4.69) is 0 Å². The molecule has 0 bridgehead atoms. The first-order valence-corrected chi connectivity index (χ1v) is 5.48. The maximum absolute atomic E-state index is 10.8. The Morgan fingerprint density at radius 1 is 1.50 bits per heavy atom. The molecule has 1 aromatic rings. The van der Waals surface area contributed by atoms with Gasteiger partial charge in [0.05, 0.1) is 6.42 Å². The number of hydrogen-bond donors (Lipinski definition) is 1. The van der Waals surface area contributed by atoms with Gasteiger partial charge in [-0.05, 0) is 31.9 Å². The van der Waals surface area contributed by atoms with Crippen LogP contribution in [0.2, 0.25) is 0 Å². The first-order valence-electron chi connectivity index (χ1n) is 5.48. The molecule has 1 N–H and O–H groups in total. The van der Waals surface area contributed by atoms with Crippen molar-refractivity contribution in [2.75, 3.05) is 0 Å². The molecule has 0 saturated heterocycles. The fraction of sp³-hybridized carbons (Fsp3) is 0.462. The number of carboxylic acids is 1. The molecular formula is C13H16O3. The van der Waals surface area contributed by atoms with Crippen molar-refractivity contribution in [2.45, 2.75) is 38.2 Å². The van der Waals surface area contributed by atoms with Crippen LogP contribution in [0.1, 0.15) is 38.2 Å². The lowest BCUT2D eigenvalue weighted by atomic mass is 9.82. The Balaban J connectivity index is 2.35. The van der Waals surface area contributed by atoms with E-state index < -0.39 is 5.97 Å². The molecule has 0 aromatic heterocycles. The summed E-state index contributed by atoms with van der Waals surface area (Å²) in [5, 5.41) is 8.92. The minimum atomic E-state index is -0.752. The maximum atomic E-state index is 10.8. The largest absolute Gasteiger partial charge is 0.488 e. The van der Waals surface area contributed by atoms with E-state index in [4.69, 9.17) is 9.84 Å². The third kappa shape index (κ3) is 2.18. The van der Waals surface area contributed by atoms with E-state index in [0.717, 1.165) is 17.7 Å². The van der Waals surface area contributed by atoms with Gasteiger partial charge in [-0.2, -0.15) is 0 Å². The number of para-hydroxylation sites is 1. The molecule has 1 heterocycles. The number of carboxylic acid groups (broad SMARTS) is 1. The lowest BCUT2D eigenvalue weighted by Gasteiger charge is -2.37. The summed E-state index contributed by atoms with van der Waals surface area (Å²) >= 11 is 0. The van der Waals surface area contributed by atoms with Crippen LogP contribution in [0.15, 0.2) is 24.3 Å². The van der Waals surface area contributed by atoms with Crippen molar-refractivity contribution in [2.24, 2.45) is 0 Å². The van der Waals surface area contributed by atoms with Gasteiger partial charge < -0.3 is 9.84 Å². The molecule has 1 aliphatic rings. The van der Waals surface area contributed by atoms with Crippen LogP contribution in [0.4, 0.5) is 0 Å². The zero-order valence-electron chi connectivity index (χ0n) is 9.56. The molecule has 1 aliphatic heterocycles. The average molecular weight is 220 g/mol. The molecule has 2 rings (SSSR count). The second-order valence-electron chi connectivity index (χ2n) is 4.90. The molecule has 16 heavy (non-hydrogen) atoms. The summed E-state index contributed by atoms with van der Waals surface area (Å²) in [5.74, 6) is 0.125. The van der Waals surface area contributed by atoms with Crippen LogP contribution < -0.4 is 4.74 Å². The fourth-order valence-corrected chi connectivity index (χ4v) is 2.35. The van der Waals surface area contributed by atoms with Crippen molar-refractivity contribution in [3.05, 3.63) is 29.8 Å². The zero-order chi connectivity index (χ0) is 11.8. The molecule has 1 unspecified atom stereocenters. The summed E-state index contributed by atoms with van der Waals surface area (Å²) < 4.78 is 5.84. The SMILES string of the molecule is CC1(C)CC(CC(=O)O)c2ccccc2O1. The number of aliphatic carboxylic acids is 1. The van der Waals surface area contributed by atoms with Crippen LogP contribution in [-0.2, 0) is 4.79 Å². The smallest absolute Gasteiger partial charge is 0.303 e. The van der Waals surface area contributed by atoms with Crippen LogP contribution in [-0.4, -0.2) is 16.7 Å². The van der Waals surface area contributed by atoms with E-state index in [1.54, 1.807) is 0 Å². The number of rotatable bonds is 2. The van der Waals surface area contributed by atoms with Crippen molar-refractivity contribution < 1.29 is 14.6 Å². The van der Waals surface area contributed by atoms with Gasteiger partial charge in [-0.15, -0.1) is 0 Å². The molecule has 1 aromatic carbocycles. The maximum Gasteiger partial charge on any atom is 0.303 e. The van der Waals surface area contributed by atoms with Gasteiger partial charge >= 0.3 is 5.97 Å². The zero-order valence-corrected chi connectivity index (χ0v) is 9.56. The average Bonchev–Trinajstić information content (AvgIpc) is 2.14. The standard InChI is InChI=1S/C13H16O3/c1-13(2)8-9(7-12(14)15)10-5-3-4-6-11(10)16-13/h3-6,9H,7-8H2,1-2H3,(H,14,15). The van der Waals surface area contributed by atoms with Gasteiger partial charge in [-0.25, -0.2) is 0 Å². The van der Waals surface area contributed by atoms with Gasteiger partial charge in [0.25, 0.3) is 0 Å². The summed E-state index contributed by atoms with van der Waals surface area (Å²) in [6.45, 7) is 4.00. The van der Waals surface area contributed by atoms with E-state index >= 15 is 0 Å². The molecule has 0 spiro atoms. The topological polar surface area (TPSA) is 46.5 Å². The van der Waals surface area contributed by atoms with Crippen LogP contribution in [0.5, 0.6) is 5.75 Å². The highest BCUT2D eigenvalue weighted by atomic mass is 16.5. The lowest BCUT2D eigenvalue weighted by Crippen LogP contribution is -2.35. The first-order chi connectivity index (χ1) is 7.48. The van der Waals surface area contributed by atoms with Crippen molar-refractivity contribution in [1.82, 2.24) is 0 Å². The van der Waals surface area contributed by atoms with Gasteiger partial charge in [0, 0.05) is 5.92 Å². The Bertz CT molecular complexity index is 409. The Hall–Kier alpha value is -1.51. The molecule has 0 aliphatic carbocycles. The fourth-order valence-electron chi connectivity index (χ4n) is 2.35. The van der Waals surface area contributed by atoms with Crippen molar-refractivity contribution in [3.63, 3.8) is 0 Å². The molecular weight excluding hydrogens is 204 g/mol. The predicted molar refractivity (Wildman–Crippen MR) is 60.8 cm³/mol. The summed E-state index contributed by atoms with van der Waals surface area (Å²) in [6, 6.07) is 7.71. The minimum Gasteiger partial charge on any atom is -0.488 e. The van der Waals surface area contributed by atoms with Gasteiger partial charge in [0.1, 0.15) is 11.4 Å². The number of ether oxygens (including phenoxy) is 1. The monoisotopic (exact) mass is 220 g/mol. The van der Waals surface area contributed by atoms with Crippen LogP contribution in [0.3, 0.4) is 0 Å². The van der Waals surface area contributed by atoms with Gasteiger partial charge in [-0.3, -0.25) is 4.79 Å². The number of carbonyl (C=O) groups is 1. The van der Waals surface area contributed by atoms with Gasteiger partial charge in [0.2, 0.25) is 0 Å². The number of fused-ring (bicyclic) bond motifs is 1. The van der Waals surface area contributed by atoms with E-state index in [-0.39, 0.29) is 17.9 Å². The Morgan fingerprint density at radius 3 is 2.88 bits per heavy atom. The molecule has 3 heteroatoms. The molecule has 3 nitrogen and oxygen atoms in total. The highest BCUT2D eigenvalue weighted by molar-refractivity contribution is 5.68. The quantitative estimate of drug-likeness (QED) is 0.833. The third-order valence-corrected chi connectivity index (χ3v) is 2.90. The highest BCUT2D eigenvalue weighted by Gasteiger charge is 2.34. The summed E-state index contributed by atoms with van der Waals surface area (Å²) in [7, 11) is 0. The van der Waals surface area contributed by atoms with E-state index in [1.165, 1.54) is 0 Å². The normalized spacial score (nSPS) is 22.0. The van der Waals surface area contributed by atoms with Crippen LogP contribution in [0, 0.1) is 0 Å². The van der Waals surface area contributed by atoms with Gasteiger partial charge in [-0.1, -0.05) is 18.2 Å². The van der Waals surface area contributed by atoms with E-state index in [0.29, 0.717) is 0 Å². The molecule has 0 amide bonds. The minimum absolute atomic E-state index is 0.0532.